The Morgan fingerprint density at radius 3 is 2.42 bits per heavy atom. The second kappa shape index (κ2) is 6.74. The van der Waals surface area contributed by atoms with Gasteiger partial charge >= 0.3 is 0 Å². The lowest BCUT2D eigenvalue weighted by molar-refractivity contribution is 0.0955. The van der Waals surface area contributed by atoms with Crippen molar-refractivity contribution in [2.75, 3.05) is 6.79 Å². The highest BCUT2D eigenvalue weighted by Crippen LogP contribution is 2.32. The molecule has 0 unspecified atom stereocenters. The van der Waals surface area contributed by atoms with Crippen molar-refractivity contribution >= 4 is 11.6 Å². The fourth-order valence-electron chi connectivity index (χ4n) is 2.40. The van der Waals surface area contributed by atoms with Crippen molar-refractivity contribution in [3.63, 3.8) is 0 Å². The molecule has 0 atom stereocenters. The summed E-state index contributed by atoms with van der Waals surface area (Å²) < 4.78 is 10.6. The van der Waals surface area contributed by atoms with E-state index in [2.05, 4.69) is 24.4 Å². The molecule has 2 aromatic carbocycles. The monoisotopic (exact) mass is 324 g/mol. The van der Waals surface area contributed by atoms with Crippen molar-refractivity contribution < 1.29 is 14.3 Å². The minimum absolute atomic E-state index is 0.231. The summed E-state index contributed by atoms with van der Waals surface area (Å²) in [5.41, 5.74) is 5.94. The van der Waals surface area contributed by atoms with Crippen LogP contribution in [0.4, 0.5) is 0 Å². The van der Waals surface area contributed by atoms with Crippen molar-refractivity contribution in [2.45, 2.75) is 26.7 Å². The molecule has 3 rings (SSSR count). The summed E-state index contributed by atoms with van der Waals surface area (Å²) in [5.74, 6) is 1.62. The molecule has 24 heavy (non-hydrogen) atoms. The van der Waals surface area contributed by atoms with E-state index >= 15 is 0 Å². The van der Waals surface area contributed by atoms with Crippen LogP contribution in [0.1, 0.15) is 48.2 Å². The Labute approximate surface area is 141 Å². The van der Waals surface area contributed by atoms with Crippen LogP contribution in [-0.2, 0) is 0 Å². The van der Waals surface area contributed by atoms with Crippen LogP contribution in [0.25, 0.3) is 0 Å². The van der Waals surface area contributed by atoms with Gasteiger partial charge in [-0.25, -0.2) is 5.43 Å². The molecule has 2 aromatic rings. The summed E-state index contributed by atoms with van der Waals surface area (Å²) in [6.07, 6.45) is 0. The summed E-state index contributed by atoms with van der Waals surface area (Å²) in [6.45, 7) is 6.31. The molecule has 0 fully saturated rings. The summed E-state index contributed by atoms with van der Waals surface area (Å²) >= 11 is 0. The minimum Gasteiger partial charge on any atom is -0.454 e. The van der Waals surface area contributed by atoms with Gasteiger partial charge in [-0.1, -0.05) is 26.0 Å². The first-order valence-corrected chi connectivity index (χ1v) is 7.89. The van der Waals surface area contributed by atoms with E-state index in [1.165, 1.54) is 5.56 Å². The molecule has 0 saturated heterocycles. The summed E-state index contributed by atoms with van der Waals surface area (Å²) in [7, 11) is 0. The molecule has 0 saturated carbocycles. The average Bonchev–Trinajstić information content (AvgIpc) is 3.07. The summed E-state index contributed by atoms with van der Waals surface area (Å²) in [5, 5.41) is 4.17. The normalized spacial score (nSPS) is 13.2. The molecule has 1 aliphatic heterocycles. The zero-order valence-electron chi connectivity index (χ0n) is 14.0. The molecule has 1 N–H and O–H groups in total. The Balaban J connectivity index is 1.69. The van der Waals surface area contributed by atoms with Crippen molar-refractivity contribution in [1.82, 2.24) is 5.43 Å². The van der Waals surface area contributed by atoms with E-state index in [9.17, 15) is 4.79 Å². The van der Waals surface area contributed by atoms with Gasteiger partial charge in [-0.2, -0.15) is 5.10 Å². The maximum Gasteiger partial charge on any atom is 0.271 e. The number of rotatable bonds is 4. The average molecular weight is 324 g/mol. The second-order valence-corrected chi connectivity index (χ2v) is 5.98. The third-order valence-electron chi connectivity index (χ3n) is 3.96. The van der Waals surface area contributed by atoms with Gasteiger partial charge in [0, 0.05) is 11.1 Å². The fraction of sp³-hybridized carbons (Fsp3) is 0.263. The van der Waals surface area contributed by atoms with Crippen LogP contribution in [-0.4, -0.2) is 18.4 Å². The topological polar surface area (TPSA) is 59.9 Å². The highest BCUT2D eigenvalue weighted by Gasteiger charge is 2.14. The van der Waals surface area contributed by atoms with Gasteiger partial charge in [0.05, 0.1) is 5.71 Å². The van der Waals surface area contributed by atoms with Gasteiger partial charge in [0.25, 0.3) is 5.91 Å². The molecule has 0 aromatic heterocycles. The van der Waals surface area contributed by atoms with Gasteiger partial charge in [0.1, 0.15) is 0 Å². The number of nitrogens with zero attached hydrogens (tertiary/aromatic N) is 1. The predicted molar refractivity (Wildman–Crippen MR) is 92.8 cm³/mol. The molecule has 1 aliphatic rings. The first-order chi connectivity index (χ1) is 11.5. The minimum atomic E-state index is -0.231. The first-order valence-electron chi connectivity index (χ1n) is 7.89. The summed E-state index contributed by atoms with van der Waals surface area (Å²) in [4.78, 5) is 12.2. The molecule has 0 bridgehead atoms. The molecule has 1 heterocycles. The third-order valence-corrected chi connectivity index (χ3v) is 3.96. The second-order valence-electron chi connectivity index (χ2n) is 5.98. The highest BCUT2D eigenvalue weighted by atomic mass is 16.7. The zero-order valence-corrected chi connectivity index (χ0v) is 14.0. The van der Waals surface area contributed by atoms with Crippen LogP contribution in [0.3, 0.4) is 0 Å². The Morgan fingerprint density at radius 2 is 1.71 bits per heavy atom. The molecule has 5 nitrogen and oxygen atoms in total. The number of hydrogen-bond acceptors (Lipinski definition) is 4. The van der Waals surface area contributed by atoms with Gasteiger partial charge in [-0.15, -0.1) is 0 Å². The standard InChI is InChI=1S/C19H20N2O3/c1-12(2)14-4-6-15(7-5-14)19(22)21-20-13(3)16-8-9-17-18(10-16)24-11-23-17/h4-10,12H,11H2,1-3H3,(H,21,22). The number of nitrogens with one attached hydrogen (secondary N) is 1. The molecule has 1 amide bonds. The quantitative estimate of drug-likeness (QED) is 0.689. The van der Waals surface area contributed by atoms with Crippen LogP contribution >= 0.6 is 0 Å². The van der Waals surface area contributed by atoms with Crippen LogP contribution in [0, 0.1) is 0 Å². The van der Waals surface area contributed by atoms with Crippen LogP contribution in [0.5, 0.6) is 11.5 Å². The van der Waals surface area contributed by atoms with E-state index in [1.54, 1.807) is 0 Å². The van der Waals surface area contributed by atoms with Gasteiger partial charge in [0.2, 0.25) is 6.79 Å². The number of amides is 1. The van der Waals surface area contributed by atoms with E-state index in [1.807, 2.05) is 49.4 Å². The number of hydrazone groups is 1. The fourth-order valence-corrected chi connectivity index (χ4v) is 2.40. The third kappa shape index (κ3) is 3.40. The number of carbonyl (C=O) groups excluding carboxylic acids is 1. The van der Waals surface area contributed by atoms with Crippen LogP contribution < -0.4 is 14.9 Å². The number of hydrogen-bond donors (Lipinski definition) is 1. The number of fused-ring (bicyclic) bond motifs is 1. The van der Waals surface area contributed by atoms with Crippen molar-refractivity contribution in [3.05, 3.63) is 59.2 Å². The molecule has 0 aliphatic carbocycles. The lowest BCUT2D eigenvalue weighted by Crippen LogP contribution is -2.19. The van der Waals surface area contributed by atoms with Crippen molar-refractivity contribution in [1.29, 1.82) is 0 Å². The smallest absolute Gasteiger partial charge is 0.271 e. The Kier molecular flexibility index (Phi) is 4.51. The lowest BCUT2D eigenvalue weighted by Gasteiger charge is -2.07. The Bertz CT molecular complexity index is 780. The number of carbonyl (C=O) groups is 1. The van der Waals surface area contributed by atoms with Crippen LogP contribution in [0.15, 0.2) is 47.6 Å². The Morgan fingerprint density at radius 1 is 1.04 bits per heavy atom. The number of ether oxygens (including phenoxy) is 2. The van der Waals surface area contributed by atoms with Gasteiger partial charge < -0.3 is 9.47 Å². The highest BCUT2D eigenvalue weighted by molar-refractivity contribution is 6.01. The maximum absolute atomic E-state index is 12.2. The molecule has 0 radical (unpaired) electrons. The van der Waals surface area contributed by atoms with E-state index in [4.69, 9.17) is 9.47 Å². The van der Waals surface area contributed by atoms with E-state index in [-0.39, 0.29) is 12.7 Å². The van der Waals surface area contributed by atoms with E-state index < -0.39 is 0 Å². The SMILES string of the molecule is CC(=NNC(=O)c1ccc(C(C)C)cc1)c1ccc2c(c1)OCO2. The van der Waals surface area contributed by atoms with Gasteiger partial charge in [0.15, 0.2) is 11.5 Å². The molecule has 5 heteroatoms. The first kappa shape index (κ1) is 16.1. The lowest BCUT2D eigenvalue weighted by atomic mass is 10.0. The predicted octanol–water partition coefficient (Wildman–Crippen LogP) is 3.69. The van der Waals surface area contributed by atoms with Crippen molar-refractivity contribution in [2.24, 2.45) is 5.10 Å². The molecule has 0 spiro atoms. The molecule has 124 valence electrons. The van der Waals surface area contributed by atoms with Crippen LogP contribution in [0.2, 0.25) is 0 Å². The molecular weight excluding hydrogens is 304 g/mol. The summed E-state index contributed by atoms with van der Waals surface area (Å²) in [6, 6.07) is 13.1. The van der Waals surface area contributed by atoms with E-state index in [0.29, 0.717) is 22.9 Å². The maximum atomic E-state index is 12.2. The van der Waals surface area contributed by atoms with E-state index in [0.717, 1.165) is 11.3 Å². The number of benzene rings is 2. The zero-order chi connectivity index (χ0) is 17.1. The Hall–Kier alpha value is -2.82. The largest absolute Gasteiger partial charge is 0.454 e. The van der Waals surface area contributed by atoms with Crippen molar-refractivity contribution in [3.8, 4) is 11.5 Å². The van der Waals surface area contributed by atoms with Gasteiger partial charge in [-0.3, -0.25) is 4.79 Å². The molecular formula is C19H20N2O3. The van der Waals surface area contributed by atoms with Gasteiger partial charge in [-0.05, 0) is 48.7 Å².